The summed E-state index contributed by atoms with van der Waals surface area (Å²) in [4.78, 5) is 21.1. The first kappa shape index (κ1) is 17.5. The van der Waals surface area contributed by atoms with Gasteiger partial charge in [0.2, 0.25) is 5.91 Å². The number of hydrogen-bond donors (Lipinski definition) is 0. The summed E-state index contributed by atoms with van der Waals surface area (Å²) in [7, 11) is 0. The van der Waals surface area contributed by atoms with Gasteiger partial charge in [-0.3, -0.25) is 4.79 Å². The van der Waals surface area contributed by atoms with Crippen LogP contribution in [0.2, 0.25) is 0 Å². The van der Waals surface area contributed by atoms with Crippen molar-refractivity contribution in [3.8, 4) is 0 Å². The van der Waals surface area contributed by atoms with Crippen molar-refractivity contribution in [2.45, 2.75) is 19.9 Å². The number of benzene rings is 2. The van der Waals surface area contributed by atoms with Crippen molar-refractivity contribution in [1.82, 2.24) is 14.5 Å². The minimum absolute atomic E-state index is 0.139. The Bertz CT molecular complexity index is 960. The fourth-order valence-corrected chi connectivity index (χ4v) is 3.75. The molecule has 1 aromatic heterocycles. The van der Waals surface area contributed by atoms with E-state index >= 15 is 0 Å². The lowest BCUT2D eigenvalue weighted by molar-refractivity contribution is -0.131. The molecule has 2 aromatic carbocycles. The molecule has 1 aliphatic rings. The number of amides is 1. The van der Waals surface area contributed by atoms with Crippen LogP contribution in [0.5, 0.6) is 0 Å². The molecule has 2 heterocycles. The second-order valence-electron chi connectivity index (χ2n) is 6.87. The fraction of sp³-hybridized carbons (Fsp3) is 0.333. The Kier molecular flexibility index (Phi) is 4.79. The average Bonchev–Trinajstić information content (AvgIpc) is 3.02. The smallest absolute Gasteiger partial charge is 0.224 e. The highest BCUT2D eigenvalue weighted by atomic mass is 19.1. The lowest BCUT2D eigenvalue weighted by Crippen LogP contribution is -2.49. The van der Waals surface area contributed by atoms with Crippen molar-refractivity contribution >= 4 is 22.6 Å². The first-order valence-electron chi connectivity index (χ1n) is 9.32. The third-order valence-electron chi connectivity index (χ3n) is 5.22. The molecule has 1 fully saturated rings. The number of para-hydroxylation sites is 3. The molecular weight excluding hydrogens is 343 g/mol. The van der Waals surface area contributed by atoms with Gasteiger partial charge in [-0.15, -0.1) is 0 Å². The molecule has 0 aliphatic carbocycles. The fourth-order valence-electron chi connectivity index (χ4n) is 3.75. The van der Waals surface area contributed by atoms with Crippen LogP contribution in [0.1, 0.15) is 12.2 Å². The Morgan fingerprint density at radius 2 is 1.74 bits per heavy atom. The van der Waals surface area contributed by atoms with E-state index in [0.29, 0.717) is 44.8 Å². The van der Waals surface area contributed by atoms with E-state index in [4.69, 9.17) is 0 Å². The van der Waals surface area contributed by atoms with Crippen molar-refractivity contribution in [3.05, 3.63) is 60.2 Å². The highest BCUT2D eigenvalue weighted by Crippen LogP contribution is 2.21. The van der Waals surface area contributed by atoms with E-state index < -0.39 is 0 Å². The lowest BCUT2D eigenvalue weighted by Gasteiger charge is -2.36. The molecule has 1 amide bonds. The Morgan fingerprint density at radius 1 is 1.04 bits per heavy atom. The Balaban J connectivity index is 1.36. The van der Waals surface area contributed by atoms with E-state index in [9.17, 15) is 9.18 Å². The number of halogens is 1. The van der Waals surface area contributed by atoms with Gasteiger partial charge in [-0.25, -0.2) is 9.37 Å². The molecule has 0 unspecified atom stereocenters. The standard InChI is InChI=1S/C21H23FN4O/c1-16-23-18-7-3-5-9-20(18)26(16)11-10-21(27)25-14-12-24(13-15-25)19-8-4-2-6-17(19)22/h2-9H,10-15H2,1H3. The molecule has 0 radical (unpaired) electrons. The van der Waals surface area contributed by atoms with Gasteiger partial charge in [0.1, 0.15) is 11.6 Å². The summed E-state index contributed by atoms with van der Waals surface area (Å²) < 4.78 is 16.0. The van der Waals surface area contributed by atoms with E-state index in [0.717, 1.165) is 16.9 Å². The Hall–Kier alpha value is -2.89. The number of hydrogen-bond acceptors (Lipinski definition) is 3. The summed E-state index contributed by atoms with van der Waals surface area (Å²) in [6.07, 6.45) is 0.445. The summed E-state index contributed by atoms with van der Waals surface area (Å²) in [6, 6.07) is 14.8. The lowest BCUT2D eigenvalue weighted by atomic mass is 10.2. The maximum Gasteiger partial charge on any atom is 0.224 e. The number of aromatic nitrogens is 2. The van der Waals surface area contributed by atoms with Crippen LogP contribution in [0.3, 0.4) is 0 Å². The highest BCUT2D eigenvalue weighted by molar-refractivity contribution is 5.78. The van der Waals surface area contributed by atoms with Crippen LogP contribution in [0, 0.1) is 12.7 Å². The van der Waals surface area contributed by atoms with Crippen molar-refractivity contribution < 1.29 is 9.18 Å². The van der Waals surface area contributed by atoms with Gasteiger partial charge in [-0.2, -0.15) is 0 Å². The zero-order valence-electron chi connectivity index (χ0n) is 15.4. The number of carbonyl (C=O) groups is 1. The number of nitrogens with zero attached hydrogens (tertiary/aromatic N) is 4. The molecule has 3 aromatic rings. The van der Waals surface area contributed by atoms with E-state index in [1.165, 1.54) is 6.07 Å². The predicted molar refractivity (Wildman–Crippen MR) is 104 cm³/mol. The van der Waals surface area contributed by atoms with Crippen molar-refractivity contribution in [2.24, 2.45) is 0 Å². The molecule has 5 nitrogen and oxygen atoms in total. The van der Waals surface area contributed by atoms with E-state index in [-0.39, 0.29) is 11.7 Å². The quantitative estimate of drug-likeness (QED) is 0.712. The Morgan fingerprint density at radius 3 is 2.52 bits per heavy atom. The van der Waals surface area contributed by atoms with Crippen molar-refractivity contribution in [2.75, 3.05) is 31.1 Å². The summed E-state index contributed by atoms with van der Waals surface area (Å²) in [5.41, 5.74) is 2.64. The van der Waals surface area contributed by atoms with E-state index in [1.807, 2.05) is 47.1 Å². The number of rotatable bonds is 4. The van der Waals surface area contributed by atoms with Gasteiger partial charge in [0.05, 0.1) is 16.7 Å². The Labute approximate surface area is 158 Å². The van der Waals surface area contributed by atoms with Gasteiger partial charge in [0.25, 0.3) is 0 Å². The number of imidazole rings is 1. The number of aryl methyl sites for hydroxylation is 2. The normalized spacial score (nSPS) is 14.7. The molecule has 0 spiro atoms. The number of anilines is 1. The van der Waals surface area contributed by atoms with Gasteiger partial charge in [0, 0.05) is 39.1 Å². The van der Waals surface area contributed by atoms with Crippen LogP contribution in [0.15, 0.2) is 48.5 Å². The molecule has 0 atom stereocenters. The van der Waals surface area contributed by atoms with E-state index in [1.54, 1.807) is 12.1 Å². The summed E-state index contributed by atoms with van der Waals surface area (Å²) in [6.45, 7) is 5.14. The minimum atomic E-state index is -0.209. The topological polar surface area (TPSA) is 41.4 Å². The maximum absolute atomic E-state index is 13.9. The van der Waals surface area contributed by atoms with Crippen LogP contribution in [0.4, 0.5) is 10.1 Å². The first-order chi connectivity index (χ1) is 13.1. The average molecular weight is 366 g/mol. The highest BCUT2D eigenvalue weighted by Gasteiger charge is 2.22. The van der Waals surface area contributed by atoms with Gasteiger partial charge < -0.3 is 14.4 Å². The first-order valence-corrected chi connectivity index (χ1v) is 9.32. The summed E-state index contributed by atoms with van der Waals surface area (Å²) in [5, 5.41) is 0. The van der Waals surface area contributed by atoms with E-state index in [2.05, 4.69) is 9.55 Å². The molecule has 1 aliphatic heterocycles. The molecule has 0 N–H and O–H groups in total. The molecule has 6 heteroatoms. The van der Waals surface area contributed by atoms with Gasteiger partial charge in [-0.1, -0.05) is 24.3 Å². The van der Waals surface area contributed by atoms with Gasteiger partial charge in [-0.05, 0) is 31.2 Å². The summed E-state index contributed by atoms with van der Waals surface area (Å²) in [5.74, 6) is 0.855. The second kappa shape index (κ2) is 7.39. The monoisotopic (exact) mass is 366 g/mol. The zero-order chi connectivity index (χ0) is 18.8. The predicted octanol–water partition coefficient (Wildman–Crippen LogP) is 3.22. The van der Waals surface area contributed by atoms with Gasteiger partial charge >= 0.3 is 0 Å². The van der Waals surface area contributed by atoms with Crippen LogP contribution >= 0.6 is 0 Å². The third-order valence-corrected chi connectivity index (χ3v) is 5.22. The molecule has 27 heavy (non-hydrogen) atoms. The number of fused-ring (bicyclic) bond motifs is 1. The molecule has 0 saturated carbocycles. The third kappa shape index (κ3) is 3.52. The molecule has 1 saturated heterocycles. The maximum atomic E-state index is 13.9. The van der Waals surface area contributed by atoms with Crippen molar-refractivity contribution in [1.29, 1.82) is 0 Å². The largest absolute Gasteiger partial charge is 0.366 e. The number of piperazine rings is 1. The molecule has 0 bridgehead atoms. The number of carbonyl (C=O) groups excluding carboxylic acids is 1. The van der Waals surface area contributed by atoms with Crippen LogP contribution in [-0.2, 0) is 11.3 Å². The minimum Gasteiger partial charge on any atom is -0.366 e. The molecular formula is C21H23FN4O. The SMILES string of the molecule is Cc1nc2ccccc2n1CCC(=O)N1CCN(c2ccccc2F)CC1. The van der Waals surface area contributed by atoms with Crippen LogP contribution in [0.25, 0.3) is 11.0 Å². The summed E-state index contributed by atoms with van der Waals surface area (Å²) >= 11 is 0. The van der Waals surface area contributed by atoms with Crippen LogP contribution in [-0.4, -0.2) is 46.5 Å². The zero-order valence-corrected chi connectivity index (χ0v) is 15.4. The molecule has 4 rings (SSSR count). The molecule has 140 valence electrons. The van der Waals surface area contributed by atoms with Gasteiger partial charge in [0.15, 0.2) is 0 Å². The van der Waals surface area contributed by atoms with Crippen LogP contribution < -0.4 is 4.90 Å². The van der Waals surface area contributed by atoms with Crippen molar-refractivity contribution in [3.63, 3.8) is 0 Å². The second-order valence-corrected chi connectivity index (χ2v) is 6.87.